The van der Waals surface area contributed by atoms with Gasteiger partial charge in [-0.05, 0) is 41.3 Å². The first-order chi connectivity index (χ1) is 11.2. The van der Waals surface area contributed by atoms with Crippen molar-refractivity contribution in [2.24, 2.45) is 0 Å². The molecule has 4 rings (SSSR count). The van der Waals surface area contributed by atoms with Gasteiger partial charge >= 0.3 is 0 Å². The standard InChI is InChI=1S/C22H24N/c1-4-22(3,5-2)18-11-10-17-15-23-13-12-16-8-6-7-9-19(16)21(23)20(17)14-18/h6-14H,4-5,15H2,1-3H3/q+1. The predicted molar refractivity (Wildman–Crippen MR) is 96.6 cm³/mol. The highest BCUT2D eigenvalue weighted by Crippen LogP contribution is 2.38. The Morgan fingerprint density at radius 3 is 2.57 bits per heavy atom. The van der Waals surface area contributed by atoms with Crippen LogP contribution in [0.3, 0.4) is 0 Å². The lowest BCUT2D eigenvalue weighted by atomic mass is 9.77. The van der Waals surface area contributed by atoms with Gasteiger partial charge in [0.05, 0.1) is 10.9 Å². The molecule has 0 atom stereocenters. The summed E-state index contributed by atoms with van der Waals surface area (Å²) in [6.07, 6.45) is 4.59. The van der Waals surface area contributed by atoms with E-state index in [1.54, 1.807) is 0 Å². The lowest BCUT2D eigenvalue weighted by Gasteiger charge is -2.27. The van der Waals surface area contributed by atoms with Crippen LogP contribution < -0.4 is 4.57 Å². The minimum atomic E-state index is 0.271. The zero-order chi connectivity index (χ0) is 16.0. The van der Waals surface area contributed by atoms with Crippen LogP contribution in [0.4, 0.5) is 0 Å². The third-order valence-corrected chi connectivity index (χ3v) is 5.90. The van der Waals surface area contributed by atoms with Crippen molar-refractivity contribution in [2.45, 2.75) is 45.6 Å². The number of benzene rings is 2. The van der Waals surface area contributed by atoms with Crippen molar-refractivity contribution < 1.29 is 4.57 Å². The van der Waals surface area contributed by atoms with Gasteiger partial charge in [-0.25, -0.2) is 0 Å². The number of rotatable bonds is 3. The highest BCUT2D eigenvalue weighted by atomic mass is 15.0. The summed E-state index contributed by atoms with van der Waals surface area (Å²) >= 11 is 0. The quantitative estimate of drug-likeness (QED) is 0.456. The third-order valence-electron chi connectivity index (χ3n) is 5.90. The highest BCUT2D eigenvalue weighted by Gasteiger charge is 2.31. The van der Waals surface area contributed by atoms with E-state index in [1.807, 2.05) is 0 Å². The minimum Gasteiger partial charge on any atom is -0.193 e. The van der Waals surface area contributed by atoms with Crippen LogP contribution in [0.25, 0.3) is 22.0 Å². The molecule has 2 aromatic carbocycles. The van der Waals surface area contributed by atoms with Crippen molar-refractivity contribution in [3.05, 3.63) is 65.9 Å². The van der Waals surface area contributed by atoms with Gasteiger partial charge < -0.3 is 0 Å². The van der Waals surface area contributed by atoms with Crippen LogP contribution in [-0.4, -0.2) is 0 Å². The van der Waals surface area contributed by atoms with E-state index in [-0.39, 0.29) is 5.41 Å². The summed E-state index contributed by atoms with van der Waals surface area (Å²) in [5.41, 5.74) is 6.00. The SMILES string of the molecule is CCC(C)(CC)c1ccc2c(c1)-c1c3ccccc3cc[n+]1C2. The first-order valence-corrected chi connectivity index (χ1v) is 8.71. The Balaban J connectivity index is 1.96. The molecule has 0 amide bonds. The summed E-state index contributed by atoms with van der Waals surface area (Å²) in [7, 11) is 0. The maximum absolute atomic E-state index is 2.45. The molecule has 23 heavy (non-hydrogen) atoms. The second-order valence-electron chi connectivity index (χ2n) is 7.02. The van der Waals surface area contributed by atoms with E-state index >= 15 is 0 Å². The van der Waals surface area contributed by atoms with Crippen LogP contribution in [0.5, 0.6) is 0 Å². The highest BCUT2D eigenvalue weighted by molar-refractivity contribution is 5.94. The third kappa shape index (κ3) is 2.10. The van der Waals surface area contributed by atoms with E-state index < -0.39 is 0 Å². The molecule has 0 fully saturated rings. The predicted octanol–water partition coefficient (Wildman–Crippen LogP) is 5.23. The Bertz CT molecular complexity index is 888. The number of aromatic nitrogens is 1. The van der Waals surface area contributed by atoms with E-state index in [0.717, 1.165) is 6.54 Å². The molecule has 2 heterocycles. The summed E-state index contributed by atoms with van der Waals surface area (Å²) in [6.45, 7) is 7.98. The molecule has 0 saturated carbocycles. The van der Waals surface area contributed by atoms with Crippen molar-refractivity contribution in [1.82, 2.24) is 0 Å². The molecule has 0 bridgehead atoms. The average Bonchev–Trinajstić information content (AvgIpc) is 2.99. The number of hydrogen-bond donors (Lipinski definition) is 0. The molecule has 1 aliphatic rings. The Kier molecular flexibility index (Phi) is 3.26. The van der Waals surface area contributed by atoms with E-state index in [9.17, 15) is 0 Å². The fourth-order valence-electron chi connectivity index (χ4n) is 3.84. The van der Waals surface area contributed by atoms with Gasteiger partial charge in [0.15, 0.2) is 12.7 Å². The fraction of sp³-hybridized carbons (Fsp3) is 0.318. The van der Waals surface area contributed by atoms with Crippen molar-refractivity contribution in [2.75, 3.05) is 0 Å². The first kappa shape index (κ1) is 14.4. The first-order valence-electron chi connectivity index (χ1n) is 8.71. The largest absolute Gasteiger partial charge is 0.221 e. The average molecular weight is 302 g/mol. The second-order valence-corrected chi connectivity index (χ2v) is 7.02. The maximum atomic E-state index is 2.45. The van der Waals surface area contributed by atoms with Crippen LogP contribution in [0.1, 0.15) is 44.7 Å². The Labute approximate surface area is 138 Å². The Morgan fingerprint density at radius 2 is 1.78 bits per heavy atom. The monoisotopic (exact) mass is 302 g/mol. The molecular formula is C22H24N+. The van der Waals surface area contributed by atoms with Crippen molar-refractivity contribution >= 4 is 10.8 Å². The van der Waals surface area contributed by atoms with Crippen molar-refractivity contribution in [3.8, 4) is 11.3 Å². The lowest BCUT2D eigenvalue weighted by molar-refractivity contribution is -0.671. The van der Waals surface area contributed by atoms with Gasteiger partial charge in [0, 0.05) is 11.6 Å². The topological polar surface area (TPSA) is 3.88 Å². The molecule has 0 N–H and O–H groups in total. The second kappa shape index (κ2) is 5.19. The van der Waals surface area contributed by atoms with E-state index in [0.29, 0.717) is 0 Å². The van der Waals surface area contributed by atoms with Gasteiger partial charge in [-0.15, -0.1) is 0 Å². The van der Waals surface area contributed by atoms with E-state index in [4.69, 9.17) is 0 Å². The van der Waals surface area contributed by atoms with Crippen LogP contribution in [0.2, 0.25) is 0 Å². The van der Waals surface area contributed by atoms with E-state index in [1.165, 1.54) is 46.0 Å². The van der Waals surface area contributed by atoms with Gasteiger partial charge in [-0.3, -0.25) is 0 Å². The molecule has 0 unspecified atom stereocenters. The van der Waals surface area contributed by atoms with Crippen molar-refractivity contribution in [1.29, 1.82) is 0 Å². The summed E-state index contributed by atoms with van der Waals surface area (Å²) in [5, 5.41) is 2.69. The molecule has 1 heteroatoms. The molecule has 1 aliphatic heterocycles. The number of fused-ring (bicyclic) bond motifs is 5. The molecule has 3 aromatic rings. The van der Waals surface area contributed by atoms with Crippen LogP contribution in [0.15, 0.2) is 54.7 Å². The maximum Gasteiger partial charge on any atom is 0.221 e. The smallest absolute Gasteiger partial charge is 0.193 e. The molecule has 0 saturated heterocycles. The van der Waals surface area contributed by atoms with Gasteiger partial charge in [0.2, 0.25) is 5.69 Å². The molecule has 0 spiro atoms. The van der Waals surface area contributed by atoms with Gasteiger partial charge in [0.25, 0.3) is 0 Å². The van der Waals surface area contributed by atoms with Gasteiger partial charge in [-0.2, -0.15) is 4.57 Å². The summed E-state index contributed by atoms with van der Waals surface area (Å²) in [5.74, 6) is 0. The summed E-state index contributed by atoms with van der Waals surface area (Å²) in [6, 6.07) is 18.1. The lowest BCUT2D eigenvalue weighted by Crippen LogP contribution is -2.31. The number of nitrogens with zero attached hydrogens (tertiary/aromatic N) is 1. The van der Waals surface area contributed by atoms with Gasteiger partial charge in [-0.1, -0.05) is 51.1 Å². The minimum absolute atomic E-state index is 0.271. The molecule has 0 radical (unpaired) electrons. The van der Waals surface area contributed by atoms with E-state index in [2.05, 4.69) is 80.1 Å². The molecule has 0 aliphatic carbocycles. The molecular weight excluding hydrogens is 278 g/mol. The van der Waals surface area contributed by atoms with Crippen molar-refractivity contribution in [3.63, 3.8) is 0 Å². The zero-order valence-corrected chi connectivity index (χ0v) is 14.3. The zero-order valence-electron chi connectivity index (χ0n) is 14.3. The molecule has 1 nitrogen and oxygen atoms in total. The molecule has 116 valence electrons. The molecule has 1 aromatic heterocycles. The van der Waals surface area contributed by atoms with Crippen LogP contribution in [0, 0.1) is 0 Å². The summed E-state index contributed by atoms with van der Waals surface area (Å²) in [4.78, 5) is 0. The van der Waals surface area contributed by atoms with Crippen LogP contribution >= 0.6 is 0 Å². The van der Waals surface area contributed by atoms with Gasteiger partial charge in [0.1, 0.15) is 0 Å². The summed E-state index contributed by atoms with van der Waals surface area (Å²) < 4.78 is 2.39. The fourth-order valence-corrected chi connectivity index (χ4v) is 3.84. The Morgan fingerprint density at radius 1 is 1.00 bits per heavy atom. The Hall–Kier alpha value is -2.15. The number of hydrogen-bond acceptors (Lipinski definition) is 0. The number of pyridine rings is 1. The van der Waals surface area contributed by atoms with Crippen LogP contribution in [-0.2, 0) is 12.0 Å². The normalized spacial score (nSPS) is 13.2.